The number of carbonyl (C=O) groups excluding carboxylic acids is 5. The fourth-order valence-corrected chi connectivity index (χ4v) is 5.58. The molecule has 1 aliphatic carbocycles. The minimum Gasteiger partial charge on any atom is -0.480 e. The van der Waals surface area contributed by atoms with Gasteiger partial charge in [0.1, 0.15) is 25.4 Å². The standard InChI is InChI=1S/C32H36N2O13/c1-16(35)33-27-29(46-19(4)38)28(45-18(3)37)26(15-42-17(2)36)47-31(27)43-14-25(30(39)40)34-32(41)44-13-24-22-11-7-5-9-20(22)21-10-6-8-12-23(21)24/h5-12,24-29,31H,13-15H2,1-4H3,(H,33,35)(H,34,41)(H,39,40)/t25-,26+,27+,28-,29+,31-/m0/s1. The highest BCUT2D eigenvalue weighted by Crippen LogP contribution is 2.44. The molecule has 15 nitrogen and oxygen atoms in total. The van der Waals surface area contributed by atoms with Crippen LogP contribution in [0.3, 0.4) is 0 Å². The van der Waals surface area contributed by atoms with Gasteiger partial charge in [-0.15, -0.1) is 0 Å². The monoisotopic (exact) mass is 656 g/mol. The Kier molecular flexibility index (Phi) is 11.5. The summed E-state index contributed by atoms with van der Waals surface area (Å²) < 4.78 is 32.8. The summed E-state index contributed by atoms with van der Waals surface area (Å²) in [5, 5.41) is 14.6. The molecule has 47 heavy (non-hydrogen) atoms. The number of alkyl carbamates (subject to hydrolysis) is 1. The molecule has 0 unspecified atom stereocenters. The minimum absolute atomic E-state index is 0.0666. The number of carboxylic acids is 1. The number of ether oxygens (including phenoxy) is 6. The van der Waals surface area contributed by atoms with Crippen LogP contribution >= 0.6 is 0 Å². The third kappa shape index (κ3) is 8.83. The number of carbonyl (C=O) groups is 6. The number of hydrogen-bond donors (Lipinski definition) is 3. The van der Waals surface area contributed by atoms with Gasteiger partial charge in [-0.25, -0.2) is 9.59 Å². The van der Waals surface area contributed by atoms with E-state index in [0.29, 0.717) is 0 Å². The Morgan fingerprint density at radius 2 is 1.36 bits per heavy atom. The van der Waals surface area contributed by atoms with Crippen LogP contribution < -0.4 is 10.6 Å². The zero-order valence-corrected chi connectivity index (χ0v) is 26.1. The van der Waals surface area contributed by atoms with Gasteiger partial charge in [0.25, 0.3) is 0 Å². The lowest BCUT2D eigenvalue weighted by Gasteiger charge is -2.45. The SMILES string of the molecule is CC(=O)N[C@H]1[C@@H](OC[C@H](NC(=O)OCC2c3ccccc3-c3ccccc32)C(=O)O)O[C@H](COC(C)=O)[C@H](OC(C)=O)[C@@H]1OC(C)=O. The van der Waals surface area contributed by atoms with Crippen molar-refractivity contribution in [2.75, 3.05) is 19.8 Å². The molecule has 6 atom stereocenters. The predicted molar refractivity (Wildman–Crippen MR) is 160 cm³/mol. The largest absolute Gasteiger partial charge is 0.480 e. The maximum absolute atomic E-state index is 12.8. The summed E-state index contributed by atoms with van der Waals surface area (Å²) in [6.07, 6.45) is -6.58. The molecule has 0 radical (unpaired) electrons. The minimum atomic E-state index is -1.66. The number of fused-ring (bicyclic) bond motifs is 3. The molecule has 1 aliphatic heterocycles. The van der Waals surface area contributed by atoms with Gasteiger partial charge in [-0.1, -0.05) is 48.5 Å². The van der Waals surface area contributed by atoms with E-state index in [9.17, 15) is 33.9 Å². The quantitative estimate of drug-likeness (QED) is 0.220. The second-order valence-corrected chi connectivity index (χ2v) is 10.9. The number of nitrogens with one attached hydrogen (secondary N) is 2. The van der Waals surface area contributed by atoms with Gasteiger partial charge in [0.05, 0.1) is 6.61 Å². The smallest absolute Gasteiger partial charge is 0.407 e. The number of amides is 2. The average molecular weight is 657 g/mol. The molecule has 252 valence electrons. The Morgan fingerprint density at radius 1 is 0.787 bits per heavy atom. The molecule has 1 saturated heterocycles. The van der Waals surface area contributed by atoms with Crippen molar-refractivity contribution in [2.24, 2.45) is 0 Å². The molecular weight excluding hydrogens is 620 g/mol. The molecule has 0 spiro atoms. The lowest BCUT2D eigenvalue weighted by molar-refractivity contribution is -0.278. The normalized spacial score (nSPS) is 22.1. The highest BCUT2D eigenvalue weighted by atomic mass is 16.7. The van der Waals surface area contributed by atoms with E-state index in [2.05, 4.69) is 10.6 Å². The molecule has 4 rings (SSSR count). The topological polar surface area (TPSA) is 202 Å². The van der Waals surface area contributed by atoms with E-state index in [1.54, 1.807) is 0 Å². The molecule has 2 aliphatic rings. The molecule has 2 aromatic carbocycles. The van der Waals surface area contributed by atoms with Crippen LogP contribution in [0.4, 0.5) is 4.79 Å². The van der Waals surface area contributed by atoms with Gasteiger partial charge in [0, 0.05) is 33.6 Å². The van der Waals surface area contributed by atoms with Gasteiger partial charge >= 0.3 is 30.0 Å². The maximum Gasteiger partial charge on any atom is 0.407 e. The Labute approximate surface area is 269 Å². The molecule has 0 aromatic heterocycles. The zero-order chi connectivity index (χ0) is 34.2. The molecule has 0 bridgehead atoms. The van der Waals surface area contributed by atoms with E-state index in [4.69, 9.17) is 28.4 Å². The number of benzene rings is 2. The van der Waals surface area contributed by atoms with Gasteiger partial charge < -0.3 is 44.2 Å². The van der Waals surface area contributed by atoms with E-state index in [1.165, 1.54) is 0 Å². The third-order valence-corrected chi connectivity index (χ3v) is 7.43. The summed E-state index contributed by atoms with van der Waals surface area (Å²) in [5.74, 6) is -4.65. The average Bonchev–Trinajstić information content (AvgIpc) is 3.32. The third-order valence-electron chi connectivity index (χ3n) is 7.43. The summed E-state index contributed by atoms with van der Waals surface area (Å²) in [7, 11) is 0. The van der Waals surface area contributed by atoms with Crippen LogP contribution in [0.2, 0.25) is 0 Å². The second-order valence-electron chi connectivity index (χ2n) is 10.9. The van der Waals surface area contributed by atoms with Crippen molar-refractivity contribution in [3.8, 4) is 11.1 Å². The van der Waals surface area contributed by atoms with E-state index in [1.807, 2.05) is 48.5 Å². The first-order chi connectivity index (χ1) is 22.3. The van der Waals surface area contributed by atoms with Crippen molar-refractivity contribution in [1.29, 1.82) is 0 Å². The van der Waals surface area contributed by atoms with Crippen molar-refractivity contribution in [3.63, 3.8) is 0 Å². The number of rotatable bonds is 12. The van der Waals surface area contributed by atoms with Gasteiger partial charge in [0.2, 0.25) is 5.91 Å². The lowest BCUT2D eigenvalue weighted by Crippen LogP contribution is -2.67. The van der Waals surface area contributed by atoms with Crippen molar-refractivity contribution in [1.82, 2.24) is 10.6 Å². The molecule has 0 saturated carbocycles. The van der Waals surface area contributed by atoms with Crippen molar-refractivity contribution < 1.29 is 62.3 Å². The molecule has 15 heteroatoms. The number of hydrogen-bond acceptors (Lipinski definition) is 12. The van der Waals surface area contributed by atoms with Crippen molar-refractivity contribution in [2.45, 2.75) is 70.3 Å². The fourth-order valence-electron chi connectivity index (χ4n) is 5.58. The fraction of sp³-hybridized carbons (Fsp3) is 0.438. The Balaban J connectivity index is 1.48. The Morgan fingerprint density at radius 3 is 1.89 bits per heavy atom. The molecule has 1 heterocycles. The Hall–Kier alpha value is -5.02. The molecule has 3 N–H and O–H groups in total. The van der Waals surface area contributed by atoms with Crippen LogP contribution in [-0.2, 0) is 52.4 Å². The summed E-state index contributed by atoms with van der Waals surface area (Å²) in [5.41, 5.74) is 3.97. The van der Waals surface area contributed by atoms with Crippen LogP contribution in [0.5, 0.6) is 0 Å². The Bertz CT molecular complexity index is 1470. The van der Waals surface area contributed by atoms with Crippen LogP contribution in [0.15, 0.2) is 48.5 Å². The van der Waals surface area contributed by atoms with Crippen molar-refractivity contribution >= 4 is 35.9 Å². The highest BCUT2D eigenvalue weighted by Gasteiger charge is 2.51. The van der Waals surface area contributed by atoms with Crippen LogP contribution in [0.1, 0.15) is 44.7 Å². The van der Waals surface area contributed by atoms with Crippen LogP contribution in [0.25, 0.3) is 11.1 Å². The van der Waals surface area contributed by atoms with Crippen LogP contribution in [-0.4, -0.2) is 97.5 Å². The lowest BCUT2D eigenvalue weighted by atomic mass is 9.96. The second kappa shape index (κ2) is 15.5. The first-order valence-electron chi connectivity index (χ1n) is 14.7. The number of aliphatic carboxylic acids is 1. The predicted octanol–water partition coefficient (Wildman–Crippen LogP) is 1.65. The number of carboxylic acid groups (broad SMARTS) is 1. The molecule has 2 amide bonds. The van der Waals surface area contributed by atoms with Crippen LogP contribution in [0, 0.1) is 0 Å². The van der Waals surface area contributed by atoms with Gasteiger partial charge in [-0.3, -0.25) is 19.2 Å². The zero-order valence-electron chi connectivity index (χ0n) is 26.1. The summed E-state index contributed by atoms with van der Waals surface area (Å²) in [4.78, 5) is 72.6. The van der Waals surface area contributed by atoms with Gasteiger partial charge in [-0.2, -0.15) is 0 Å². The van der Waals surface area contributed by atoms with Gasteiger partial charge in [0.15, 0.2) is 24.5 Å². The number of esters is 3. The highest BCUT2D eigenvalue weighted by molar-refractivity contribution is 5.81. The maximum atomic E-state index is 12.8. The van der Waals surface area contributed by atoms with E-state index in [0.717, 1.165) is 49.9 Å². The molecule has 1 fully saturated rings. The first-order valence-corrected chi connectivity index (χ1v) is 14.7. The van der Waals surface area contributed by atoms with Crippen molar-refractivity contribution in [3.05, 3.63) is 59.7 Å². The van der Waals surface area contributed by atoms with E-state index < -0.39 is 85.8 Å². The molecule has 2 aromatic rings. The van der Waals surface area contributed by atoms with E-state index >= 15 is 0 Å². The summed E-state index contributed by atoms with van der Waals surface area (Å²) in [6, 6.07) is 12.5. The summed E-state index contributed by atoms with van der Waals surface area (Å²) in [6.45, 7) is 3.23. The van der Waals surface area contributed by atoms with Gasteiger partial charge in [-0.05, 0) is 22.3 Å². The molecular formula is C32H36N2O13. The first kappa shape index (κ1) is 34.8. The summed E-state index contributed by atoms with van der Waals surface area (Å²) >= 11 is 0. The van der Waals surface area contributed by atoms with E-state index in [-0.39, 0.29) is 12.5 Å².